The van der Waals surface area contributed by atoms with Crippen LogP contribution in [0.15, 0.2) is 54.6 Å². The van der Waals surface area contributed by atoms with Crippen molar-refractivity contribution < 1.29 is 9.59 Å². The van der Waals surface area contributed by atoms with Gasteiger partial charge in [-0.25, -0.2) is 4.79 Å². The number of para-hydroxylation sites is 1. The van der Waals surface area contributed by atoms with Crippen molar-refractivity contribution in [2.45, 2.75) is 6.54 Å². The molecular formula is C19H16ClN3O2. The Morgan fingerprint density at radius 3 is 2.44 bits per heavy atom. The molecule has 0 fully saturated rings. The van der Waals surface area contributed by atoms with Crippen LogP contribution in [-0.2, 0) is 6.54 Å². The number of urea groups is 1. The molecule has 5 nitrogen and oxygen atoms in total. The molecule has 0 unspecified atom stereocenters. The molecule has 3 aromatic rings. The van der Waals surface area contributed by atoms with Crippen LogP contribution in [0.2, 0.25) is 5.02 Å². The predicted octanol–water partition coefficient (Wildman–Crippen LogP) is 4.41. The number of carbonyl (C=O) groups excluding carboxylic acids is 2. The van der Waals surface area contributed by atoms with Crippen LogP contribution in [0.1, 0.15) is 15.9 Å². The first-order chi connectivity index (χ1) is 12.1. The minimum atomic E-state index is -0.499. The third-order valence-corrected chi connectivity index (χ3v) is 4.17. The van der Waals surface area contributed by atoms with E-state index in [1.165, 1.54) is 0 Å². The second kappa shape index (κ2) is 7.34. The Morgan fingerprint density at radius 2 is 1.76 bits per heavy atom. The first-order valence-corrected chi connectivity index (χ1v) is 8.03. The molecule has 0 atom stereocenters. The van der Waals surface area contributed by atoms with E-state index in [2.05, 4.69) is 10.6 Å². The summed E-state index contributed by atoms with van der Waals surface area (Å²) in [6.07, 6.45) is 0.711. The number of nitrogens with one attached hydrogen (secondary N) is 2. The molecule has 0 aliphatic rings. The summed E-state index contributed by atoms with van der Waals surface area (Å²) in [7, 11) is 0. The summed E-state index contributed by atoms with van der Waals surface area (Å²) in [5.74, 6) is 0. The quantitative estimate of drug-likeness (QED) is 0.607. The minimum Gasteiger partial charge on any atom is -0.326 e. The minimum absolute atomic E-state index is 0.242. The number of rotatable bonds is 4. The second-order valence-corrected chi connectivity index (χ2v) is 5.87. The van der Waals surface area contributed by atoms with Crippen molar-refractivity contribution in [3.05, 3.63) is 70.7 Å². The Hall–Kier alpha value is -2.89. The molecule has 25 heavy (non-hydrogen) atoms. The number of fused-ring (bicyclic) bond motifs is 1. The number of benzene rings is 3. The van der Waals surface area contributed by atoms with Crippen molar-refractivity contribution in [3.63, 3.8) is 0 Å². The first kappa shape index (κ1) is 17.0. The number of carbonyl (C=O) groups is 2. The third kappa shape index (κ3) is 3.63. The van der Waals surface area contributed by atoms with Gasteiger partial charge in [0.25, 0.3) is 0 Å². The molecule has 6 heteroatoms. The summed E-state index contributed by atoms with van der Waals surface area (Å²) in [4.78, 5) is 23.7. The van der Waals surface area contributed by atoms with Crippen molar-refractivity contribution in [2.24, 2.45) is 5.73 Å². The molecule has 4 N–H and O–H groups in total. The van der Waals surface area contributed by atoms with Gasteiger partial charge in [0.1, 0.15) is 0 Å². The smallest absolute Gasteiger partial charge is 0.323 e. The van der Waals surface area contributed by atoms with Gasteiger partial charge in [-0.3, -0.25) is 4.79 Å². The average molecular weight is 354 g/mol. The zero-order valence-electron chi connectivity index (χ0n) is 13.3. The van der Waals surface area contributed by atoms with Crippen LogP contribution < -0.4 is 16.4 Å². The Kier molecular flexibility index (Phi) is 4.97. The van der Waals surface area contributed by atoms with Gasteiger partial charge in [-0.05, 0) is 34.5 Å². The van der Waals surface area contributed by atoms with Gasteiger partial charge in [-0.15, -0.1) is 0 Å². The Morgan fingerprint density at radius 1 is 1.04 bits per heavy atom. The molecule has 3 rings (SSSR count). The van der Waals surface area contributed by atoms with Crippen LogP contribution in [0.25, 0.3) is 10.8 Å². The highest BCUT2D eigenvalue weighted by molar-refractivity contribution is 6.34. The molecule has 0 saturated heterocycles. The summed E-state index contributed by atoms with van der Waals surface area (Å²) in [5, 5.41) is 7.64. The summed E-state index contributed by atoms with van der Waals surface area (Å²) in [6.45, 7) is 0.242. The van der Waals surface area contributed by atoms with Gasteiger partial charge in [-0.2, -0.15) is 0 Å². The highest BCUT2D eigenvalue weighted by Gasteiger charge is 2.12. The monoisotopic (exact) mass is 353 g/mol. The van der Waals surface area contributed by atoms with Crippen LogP contribution in [0.4, 0.5) is 16.2 Å². The van der Waals surface area contributed by atoms with Crippen LogP contribution in [0.3, 0.4) is 0 Å². The third-order valence-electron chi connectivity index (χ3n) is 3.85. The maximum atomic E-state index is 12.4. The summed E-state index contributed by atoms with van der Waals surface area (Å²) in [5.41, 5.74) is 7.67. The van der Waals surface area contributed by atoms with E-state index in [-0.39, 0.29) is 6.54 Å². The molecule has 0 aromatic heterocycles. The predicted molar refractivity (Wildman–Crippen MR) is 101 cm³/mol. The Labute approximate surface area is 149 Å². The van der Waals surface area contributed by atoms with E-state index >= 15 is 0 Å². The Balaban J connectivity index is 1.88. The zero-order valence-corrected chi connectivity index (χ0v) is 14.0. The molecule has 2 amide bonds. The zero-order chi connectivity index (χ0) is 17.8. The number of aldehydes is 1. The van der Waals surface area contributed by atoms with Gasteiger partial charge in [0.2, 0.25) is 0 Å². The van der Waals surface area contributed by atoms with Gasteiger partial charge in [0.05, 0.1) is 16.4 Å². The van der Waals surface area contributed by atoms with E-state index < -0.39 is 6.03 Å². The van der Waals surface area contributed by atoms with E-state index in [1.54, 1.807) is 30.3 Å². The van der Waals surface area contributed by atoms with Gasteiger partial charge >= 0.3 is 6.03 Å². The molecule has 0 aliphatic carbocycles. The lowest BCUT2D eigenvalue weighted by Crippen LogP contribution is -2.21. The fourth-order valence-electron chi connectivity index (χ4n) is 2.61. The van der Waals surface area contributed by atoms with Crippen molar-refractivity contribution in [1.29, 1.82) is 0 Å². The number of amides is 2. The Bertz CT molecular complexity index is 957. The van der Waals surface area contributed by atoms with E-state index in [0.29, 0.717) is 28.2 Å². The van der Waals surface area contributed by atoms with Gasteiger partial charge in [0, 0.05) is 12.1 Å². The SMILES string of the molecule is NCc1cccc(Cl)c1NC(=O)Nc1cc2ccccc2cc1C=O. The average Bonchev–Trinajstić information content (AvgIpc) is 2.62. The lowest BCUT2D eigenvalue weighted by atomic mass is 10.1. The van der Waals surface area contributed by atoms with Gasteiger partial charge in [0.15, 0.2) is 6.29 Å². The fourth-order valence-corrected chi connectivity index (χ4v) is 2.85. The summed E-state index contributed by atoms with van der Waals surface area (Å²) >= 11 is 6.14. The lowest BCUT2D eigenvalue weighted by Gasteiger charge is -2.14. The van der Waals surface area contributed by atoms with Gasteiger partial charge < -0.3 is 16.4 Å². The normalized spacial score (nSPS) is 10.5. The molecular weight excluding hydrogens is 338 g/mol. The fraction of sp³-hybridized carbons (Fsp3) is 0.0526. The molecule has 0 heterocycles. The molecule has 0 saturated carbocycles. The van der Waals surface area contributed by atoms with E-state index in [1.807, 2.05) is 24.3 Å². The molecule has 3 aromatic carbocycles. The summed E-state index contributed by atoms with van der Waals surface area (Å²) in [6, 6.07) is 15.8. The number of halogens is 1. The lowest BCUT2D eigenvalue weighted by molar-refractivity contribution is 0.112. The molecule has 126 valence electrons. The van der Waals surface area contributed by atoms with Crippen molar-refractivity contribution in [3.8, 4) is 0 Å². The molecule has 0 bridgehead atoms. The van der Waals surface area contributed by atoms with Crippen molar-refractivity contribution in [2.75, 3.05) is 10.6 Å². The van der Waals surface area contributed by atoms with Crippen molar-refractivity contribution >= 4 is 46.1 Å². The largest absolute Gasteiger partial charge is 0.326 e. The maximum Gasteiger partial charge on any atom is 0.323 e. The van der Waals surface area contributed by atoms with E-state index in [9.17, 15) is 9.59 Å². The maximum absolute atomic E-state index is 12.4. The highest BCUT2D eigenvalue weighted by atomic mass is 35.5. The van der Waals surface area contributed by atoms with Crippen LogP contribution in [0, 0.1) is 0 Å². The number of hydrogen-bond acceptors (Lipinski definition) is 3. The van der Waals surface area contributed by atoms with Crippen molar-refractivity contribution in [1.82, 2.24) is 0 Å². The number of hydrogen-bond donors (Lipinski definition) is 3. The second-order valence-electron chi connectivity index (χ2n) is 5.46. The highest BCUT2D eigenvalue weighted by Crippen LogP contribution is 2.27. The molecule has 0 spiro atoms. The molecule has 0 radical (unpaired) electrons. The van der Waals surface area contributed by atoms with E-state index in [4.69, 9.17) is 17.3 Å². The van der Waals surface area contributed by atoms with Gasteiger partial charge in [-0.1, -0.05) is 48.0 Å². The number of nitrogens with two attached hydrogens (primary N) is 1. The topological polar surface area (TPSA) is 84.2 Å². The van der Waals surface area contributed by atoms with Crippen LogP contribution in [0.5, 0.6) is 0 Å². The van der Waals surface area contributed by atoms with Crippen LogP contribution in [-0.4, -0.2) is 12.3 Å². The van der Waals surface area contributed by atoms with E-state index in [0.717, 1.165) is 16.3 Å². The summed E-state index contributed by atoms with van der Waals surface area (Å²) < 4.78 is 0. The number of anilines is 2. The first-order valence-electron chi connectivity index (χ1n) is 7.66. The molecule has 0 aliphatic heterocycles. The van der Waals surface area contributed by atoms with Crippen LogP contribution >= 0.6 is 11.6 Å². The standard InChI is InChI=1S/C19H16ClN3O2/c20-16-7-3-6-14(10-21)18(16)23-19(25)22-17-9-13-5-2-1-4-12(13)8-15(17)11-24/h1-9,11H,10,21H2,(H2,22,23,25).